The molecule has 1 fully saturated rings. The lowest BCUT2D eigenvalue weighted by Gasteiger charge is -2.16. The van der Waals surface area contributed by atoms with Gasteiger partial charge >= 0.3 is 0 Å². The predicted octanol–water partition coefficient (Wildman–Crippen LogP) is -0.654. The van der Waals surface area contributed by atoms with E-state index in [9.17, 15) is 4.79 Å². The Morgan fingerprint density at radius 3 is 3.19 bits per heavy atom. The smallest absolute Gasteiger partial charge is 0.244 e. The van der Waals surface area contributed by atoms with Crippen LogP contribution in [0.3, 0.4) is 0 Å². The average Bonchev–Trinajstić information content (AvgIpc) is 2.89. The normalized spacial score (nSPS) is 20.3. The minimum atomic E-state index is 0.129. The van der Waals surface area contributed by atoms with Crippen molar-refractivity contribution in [3.8, 4) is 0 Å². The van der Waals surface area contributed by atoms with Crippen LogP contribution in [0.2, 0.25) is 0 Å². The number of hydrogen-bond donors (Lipinski definition) is 1. The Balaban J connectivity index is 1.83. The van der Waals surface area contributed by atoms with Crippen LogP contribution in [0, 0.1) is 5.92 Å². The summed E-state index contributed by atoms with van der Waals surface area (Å²) in [5, 5.41) is 10.6. The zero-order valence-electron chi connectivity index (χ0n) is 9.46. The monoisotopic (exact) mass is 223 g/mol. The summed E-state index contributed by atoms with van der Waals surface area (Å²) in [6.07, 6.45) is 4.38. The number of amides is 1. The fraction of sp³-hybridized carbons (Fsp3) is 0.700. The van der Waals surface area contributed by atoms with Crippen molar-refractivity contribution < 1.29 is 4.79 Å². The Bertz CT molecular complexity index is 337. The second-order valence-electron chi connectivity index (χ2n) is 4.15. The maximum absolute atomic E-state index is 11.9. The summed E-state index contributed by atoms with van der Waals surface area (Å²) in [6.45, 7) is 2.99. The SMILES string of the molecule is CNCC1CCN(C(=O)Cn2ccnn2)C1. The zero-order chi connectivity index (χ0) is 11.4. The van der Waals surface area contributed by atoms with Gasteiger partial charge in [-0.3, -0.25) is 4.79 Å². The van der Waals surface area contributed by atoms with Crippen LogP contribution in [-0.4, -0.2) is 52.5 Å². The van der Waals surface area contributed by atoms with Crippen molar-refractivity contribution in [2.45, 2.75) is 13.0 Å². The Labute approximate surface area is 94.6 Å². The van der Waals surface area contributed by atoms with Crippen LogP contribution in [-0.2, 0) is 11.3 Å². The second-order valence-corrected chi connectivity index (χ2v) is 4.15. The lowest BCUT2D eigenvalue weighted by atomic mass is 10.1. The Morgan fingerprint density at radius 2 is 2.50 bits per heavy atom. The molecular formula is C10H17N5O. The van der Waals surface area contributed by atoms with Gasteiger partial charge in [-0.25, -0.2) is 4.68 Å². The highest BCUT2D eigenvalue weighted by atomic mass is 16.2. The molecule has 6 nitrogen and oxygen atoms in total. The molecule has 1 aliphatic heterocycles. The number of nitrogens with zero attached hydrogens (tertiary/aromatic N) is 4. The number of rotatable bonds is 4. The van der Waals surface area contributed by atoms with Crippen molar-refractivity contribution in [2.24, 2.45) is 5.92 Å². The number of likely N-dealkylation sites (tertiary alicyclic amines) is 1. The lowest BCUT2D eigenvalue weighted by molar-refractivity contribution is -0.131. The van der Waals surface area contributed by atoms with Crippen LogP contribution in [0.1, 0.15) is 6.42 Å². The predicted molar refractivity (Wildman–Crippen MR) is 58.6 cm³/mol. The Kier molecular flexibility index (Phi) is 3.51. The van der Waals surface area contributed by atoms with Crippen molar-refractivity contribution in [3.63, 3.8) is 0 Å². The van der Waals surface area contributed by atoms with Gasteiger partial charge in [0.25, 0.3) is 0 Å². The van der Waals surface area contributed by atoms with Gasteiger partial charge in [0, 0.05) is 19.3 Å². The quantitative estimate of drug-likeness (QED) is 0.736. The van der Waals surface area contributed by atoms with E-state index in [1.807, 2.05) is 11.9 Å². The van der Waals surface area contributed by atoms with Crippen LogP contribution in [0.4, 0.5) is 0 Å². The fourth-order valence-electron chi connectivity index (χ4n) is 2.07. The van der Waals surface area contributed by atoms with Gasteiger partial charge in [-0.1, -0.05) is 5.21 Å². The summed E-state index contributed by atoms with van der Waals surface area (Å²) >= 11 is 0. The summed E-state index contributed by atoms with van der Waals surface area (Å²) in [4.78, 5) is 13.8. The topological polar surface area (TPSA) is 63.1 Å². The second kappa shape index (κ2) is 5.07. The minimum absolute atomic E-state index is 0.129. The number of hydrogen-bond acceptors (Lipinski definition) is 4. The van der Waals surface area contributed by atoms with Gasteiger partial charge in [0.15, 0.2) is 0 Å². The molecule has 0 saturated carbocycles. The molecule has 1 amide bonds. The highest BCUT2D eigenvalue weighted by Gasteiger charge is 2.25. The van der Waals surface area contributed by atoms with Crippen molar-refractivity contribution >= 4 is 5.91 Å². The fourth-order valence-corrected chi connectivity index (χ4v) is 2.07. The molecule has 0 bridgehead atoms. The summed E-state index contributed by atoms with van der Waals surface area (Å²) in [6, 6.07) is 0. The summed E-state index contributed by atoms with van der Waals surface area (Å²) in [5.74, 6) is 0.716. The summed E-state index contributed by atoms with van der Waals surface area (Å²) in [7, 11) is 1.94. The van der Waals surface area contributed by atoms with E-state index in [0.29, 0.717) is 12.5 Å². The molecule has 0 aromatic carbocycles. The van der Waals surface area contributed by atoms with E-state index in [1.54, 1.807) is 17.1 Å². The molecule has 88 valence electrons. The van der Waals surface area contributed by atoms with E-state index >= 15 is 0 Å². The molecule has 0 spiro atoms. The van der Waals surface area contributed by atoms with Gasteiger partial charge in [-0.2, -0.15) is 0 Å². The van der Waals surface area contributed by atoms with Crippen molar-refractivity contribution in [3.05, 3.63) is 12.4 Å². The van der Waals surface area contributed by atoms with Crippen LogP contribution < -0.4 is 5.32 Å². The van der Waals surface area contributed by atoms with E-state index in [-0.39, 0.29) is 5.91 Å². The number of carbonyl (C=O) groups is 1. The van der Waals surface area contributed by atoms with E-state index in [0.717, 1.165) is 26.1 Å². The molecule has 2 rings (SSSR count). The van der Waals surface area contributed by atoms with Gasteiger partial charge in [0.1, 0.15) is 6.54 Å². The standard InChI is InChI=1S/C10H17N5O/c1-11-6-9-2-4-14(7-9)10(16)8-15-5-3-12-13-15/h3,5,9,11H,2,4,6-8H2,1H3. The molecule has 16 heavy (non-hydrogen) atoms. The van der Waals surface area contributed by atoms with Crippen molar-refractivity contribution in [1.29, 1.82) is 0 Å². The molecule has 2 heterocycles. The summed E-state index contributed by atoms with van der Waals surface area (Å²) in [5.41, 5.74) is 0. The molecule has 0 aliphatic carbocycles. The van der Waals surface area contributed by atoms with Crippen LogP contribution in [0.25, 0.3) is 0 Å². The average molecular weight is 223 g/mol. The molecule has 0 radical (unpaired) electrons. The third-order valence-electron chi connectivity index (χ3n) is 2.90. The number of aromatic nitrogens is 3. The maximum Gasteiger partial charge on any atom is 0.244 e. The molecule has 6 heteroatoms. The molecule has 1 atom stereocenters. The first-order chi connectivity index (χ1) is 7.79. The Hall–Kier alpha value is -1.43. The molecule has 1 aromatic heterocycles. The van der Waals surface area contributed by atoms with Crippen LogP contribution >= 0.6 is 0 Å². The third kappa shape index (κ3) is 2.57. The first kappa shape index (κ1) is 11.1. The third-order valence-corrected chi connectivity index (χ3v) is 2.90. The molecule has 1 N–H and O–H groups in total. The highest BCUT2D eigenvalue weighted by Crippen LogP contribution is 2.15. The molecular weight excluding hydrogens is 206 g/mol. The molecule has 1 unspecified atom stereocenters. The number of carbonyl (C=O) groups excluding carboxylic acids is 1. The summed E-state index contributed by atoms with van der Waals surface area (Å²) < 4.78 is 1.56. The Morgan fingerprint density at radius 1 is 1.62 bits per heavy atom. The first-order valence-corrected chi connectivity index (χ1v) is 5.56. The van der Waals surface area contributed by atoms with E-state index < -0.39 is 0 Å². The van der Waals surface area contributed by atoms with Crippen LogP contribution in [0.15, 0.2) is 12.4 Å². The lowest BCUT2D eigenvalue weighted by Crippen LogP contribution is -2.33. The van der Waals surface area contributed by atoms with E-state index in [4.69, 9.17) is 0 Å². The first-order valence-electron chi connectivity index (χ1n) is 5.56. The van der Waals surface area contributed by atoms with Gasteiger partial charge in [-0.15, -0.1) is 5.10 Å². The molecule has 1 aliphatic rings. The highest BCUT2D eigenvalue weighted by molar-refractivity contribution is 5.76. The van der Waals surface area contributed by atoms with Gasteiger partial charge < -0.3 is 10.2 Å². The zero-order valence-corrected chi connectivity index (χ0v) is 9.46. The van der Waals surface area contributed by atoms with Gasteiger partial charge in [0.05, 0.1) is 6.20 Å². The van der Waals surface area contributed by atoms with E-state index in [2.05, 4.69) is 15.6 Å². The molecule has 1 saturated heterocycles. The van der Waals surface area contributed by atoms with E-state index in [1.165, 1.54) is 0 Å². The molecule has 1 aromatic rings. The van der Waals surface area contributed by atoms with Crippen LogP contribution in [0.5, 0.6) is 0 Å². The van der Waals surface area contributed by atoms with Gasteiger partial charge in [0.2, 0.25) is 5.91 Å². The largest absolute Gasteiger partial charge is 0.341 e. The minimum Gasteiger partial charge on any atom is -0.341 e. The number of nitrogens with one attached hydrogen (secondary N) is 1. The van der Waals surface area contributed by atoms with Crippen molar-refractivity contribution in [2.75, 3.05) is 26.7 Å². The van der Waals surface area contributed by atoms with Gasteiger partial charge in [-0.05, 0) is 25.9 Å². The maximum atomic E-state index is 11.9. The van der Waals surface area contributed by atoms with Crippen molar-refractivity contribution in [1.82, 2.24) is 25.2 Å².